The first-order valence-electron chi connectivity index (χ1n) is 9.88. The van der Waals surface area contributed by atoms with Crippen LogP contribution >= 0.6 is 11.6 Å². The van der Waals surface area contributed by atoms with Crippen LogP contribution in [0, 0.1) is 0 Å². The molecule has 0 atom stereocenters. The average Bonchev–Trinajstić information content (AvgIpc) is 2.75. The van der Waals surface area contributed by atoms with Crippen LogP contribution in [-0.2, 0) is 19.7 Å². The molecule has 0 N–H and O–H groups in total. The van der Waals surface area contributed by atoms with E-state index in [4.69, 9.17) is 21.1 Å². The fraction of sp³-hybridized carbons (Fsp3) is 0.391. The van der Waals surface area contributed by atoms with Crippen molar-refractivity contribution in [2.24, 2.45) is 0 Å². The standard InChI is InChI=1S/C23H26ClNO4/c1-18(26)25-14-12-23(13-15-25,19-6-3-2-4-7-19)22(27)29-17-5-16-28-21-10-8-20(24)9-11-21/h2-4,6-11H,5,12-17H2,1H3. The smallest absolute Gasteiger partial charge is 0.316 e. The maximum atomic E-state index is 13.1. The molecule has 0 aliphatic carbocycles. The fourth-order valence-electron chi connectivity index (χ4n) is 3.65. The Labute approximate surface area is 176 Å². The van der Waals surface area contributed by atoms with E-state index in [0.29, 0.717) is 44.0 Å². The number of esters is 1. The minimum absolute atomic E-state index is 0.0411. The van der Waals surface area contributed by atoms with Crippen molar-refractivity contribution in [1.82, 2.24) is 4.90 Å². The zero-order valence-corrected chi connectivity index (χ0v) is 17.4. The number of benzene rings is 2. The van der Waals surface area contributed by atoms with Gasteiger partial charge in [0.2, 0.25) is 5.91 Å². The molecule has 3 rings (SSSR count). The van der Waals surface area contributed by atoms with Crippen molar-refractivity contribution in [3.8, 4) is 5.75 Å². The molecule has 29 heavy (non-hydrogen) atoms. The topological polar surface area (TPSA) is 55.8 Å². The molecule has 154 valence electrons. The number of amides is 1. The first-order valence-corrected chi connectivity index (χ1v) is 10.3. The summed E-state index contributed by atoms with van der Waals surface area (Å²) < 4.78 is 11.3. The van der Waals surface area contributed by atoms with Crippen LogP contribution in [0.25, 0.3) is 0 Å². The molecule has 1 aliphatic rings. The summed E-state index contributed by atoms with van der Waals surface area (Å²) in [6.45, 7) is 3.41. The lowest BCUT2D eigenvalue weighted by Crippen LogP contribution is -2.49. The number of rotatable bonds is 7. The number of hydrogen-bond donors (Lipinski definition) is 0. The number of hydrogen-bond acceptors (Lipinski definition) is 4. The van der Waals surface area contributed by atoms with Crippen LogP contribution in [0.2, 0.25) is 5.02 Å². The number of piperidine rings is 1. The summed E-state index contributed by atoms with van der Waals surface area (Å²) in [5.74, 6) is 0.552. The number of carbonyl (C=O) groups excluding carboxylic acids is 2. The lowest BCUT2D eigenvalue weighted by molar-refractivity contribution is -0.154. The van der Waals surface area contributed by atoms with Gasteiger partial charge in [0.1, 0.15) is 5.75 Å². The van der Waals surface area contributed by atoms with Gasteiger partial charge in [-0.3, -0.25) is 9.59 Å². The van der Waals surface area contributed by atoms with E-state index in [0.717, 1.165) is 11.3 Å². The van der Waals surface area contributed by atoms with Crippen molar-refractivity contribution in [1.29, 1.82) is 0 Å². The van der Waals surface area contributed by atoms with Crippen molar-refractivity contribution < 1.29 is 19.1 Å². The van der Waals surface area contributed by atoms with Gasteiger partial charge in [-0.15, -0.1) is 0 Å². The quantitative estimate of drug-likeness (QED) is 0.501. The SMILES string of the molecule is CC(=O)N1CCC(C(=O)OCCCOc2ccc(Cl)cc2)(c2ccccc2)CC1. The third kappa shape index (κ3) is 5.30. The number of carbonyl (C=O) groups is 2. The van der Waals surface area contributed by atoms with Gasteiger partial charge in [0.25, 0.3) is 0 Å². The molecule has 0 saturated carbocycles. The second-order valence-corrected chi connectivity index (χ2v) is 7.68. The molecule has 6 heteroatoms. The monoisotopic (exact) mass is 415 g/mol. The highest BCUT2D eigenvalue weighted by atomic mass is 35.5. The van der Waals surface area contributed by atoms with Crippen molar-refractivity contribution in [3.05, 3.63) is 65.2 Å². The highest BCUT2D eigenvalue weighted by Gasteiger charge is 2.44. The van der Waals surface area contributed by atoms with Crippen molar-refractivity contribution in [3.63, 3.8) is 0 Å². The molecule has 0 unspecified atom stereocenters. The van der Waals surface area contributed by atoms with Crippen LogP contribution < -0.4 is 4.74 Å². The van der Waals surface area contributed by atoms with Crippen LogP contribution in [0.1, 0.15) is 31.7 Å². The number of ether oxygens (including phenoxy) is 2. The molecule has 0 bridgehead atoms. The summed E-state index contributed by atoms with van der Waals surface area (Å²) in [5.41, 5.74) is 0.246. The predicted octanol–water partition coefficient (Wildman–Crippen LogP) is 4.23. The molecule has 0 aromatic heterocycles. The van der Waals surface area contributed by atoms with Crippen molar-refractivity contribution in [2.45, 2.75) is 31.6 Å². The van der Waals surface area contributed by atoms with Gasteiger partial charge in [-0.2, -0.15) is 0 Å². The largest absolute Gasteiger partial charge is 0.493 e. The first kappa shape index (κ1) is 21.2. The summed E-state index contributed by atoms with van der Waals surface area (Å²) in [5, 5.41) is 0.660. The Hall–Kier alpha value is -2.53. The highest BCUT2D eigenvalue weighted by molar-refractivity contribution is 6.30. The van der Waals surface area contributed by atoms with Crippen LogP contribution in [-0.4, -0.2) is 43.1 Å². The first-order chi connectivity index (χ1) is 14.0. The van der Waals surface area contributed by atoms with E-state index in [1.807, 2.05) is 42.5 Å². The molecular weight excluding hydrogens is 390 g/mol. The Morgan fingerprint density at radius 3 is 2.28 bits per heavy atom. The Balaban J connectivity index is 1.56. The summed E-state index contributed by atoms with van der Waals surface area (Å²) in [4.78, 5) is 26.6. The lowest BCUT2D eigenvalue weighted by atomic mass is 9.72. The molecule has 2 aromatic rings. The van der Waals surface area contributed by atoms with E-state index in [9.17, 15) is 9.59 Å². The third-order valence-electron chi connectivity index (χ3n) is 5.38. The van der Waals surface area contributed by atoms with Crippen molar-refractivity contribution in [2.75, 3.05) is 26.3 Å². The van der Waals surface area contributed by atoms with Crippen LogP contribution in [0.4, 0.5) is 0 Å². The van der Waals surface area contributed by atoms with Crippen LogP contribution in [0.5, 0.6) is 5.75 Å². The second kappa shape index (κ2) is 9.79. The molecule has 5 nitrogen and oxygen atoms in total. The summed E-state index contributed by atoms with van der Waals surface area (Å²) in [7, 11) is 0. The molecule has 2 aromatic carbocycles. The Morgan fingerprint density at radius 1 is 1.00 bits per heavy atom. The zero-order valence-electron chi connectivity index (χ0n) is 16.6. The average molecular weight is 416 g/mol. The van der Waals surface area contributed by atoms with Gasteiger partial charge < -0.3 is 14.4 Å². The van der Waals surface area contributed by atoms with Crippen LogP contribution in [0.15, 0.2) is 54.6 Å². The van der Waals surface area contributed by atoms with Gasteiger partial charge in [-0.25, -0.2) is 0 Å². The molecular formula is C23H26ClNO4. The predicted molar refractivity (Wildman–Crippen MR) is 112 cm³/mol. The molecule has 1 amide bonds. The molecule has 1 aliphatic heterocycles. The Morgan fingerprint density at radius 2 is 1.66 bits per heavy atom. The Bertz CT molecular complexity index is 815. The van der Waals surface area contributed by atoms with Gasteiger partial charge >= 0.3 is 5.97 Å². The second-order valence-electron chi connectivity index (χ2n) is 7.25. The Kier molecular flexibility index (Phi) is 7.15. The molecule has 1 saturated heterocycles. The minimum Gasteiger partial charge on any atom is -0.493 e. The number of nitrogens with zero attached hydrogens (tertiary/aromatic N) is 1. The lowest BCUT2D eigenvalue weighted by Gasteiger charge is -2.40. The fourth-order valence-corrected chi connectivity index (χ4v) is 3.78. The van der Waals surface area contributed by atoms with Gasteiger partial charge in [0.05, 0.1) is 18.6 Å². The van der Waals surface area contributed by atoms with Crippen molar-refractivity contribution >= 4 is 23.5 Å². The molecule has 0 spiro atoms. The molecule has 1 heterocycles. The zero-order chi connectivity index (χ0) is 20.7. The normalized spacial score (nSPS) is 15.6. The van der Waals surface area contributed by atoms with Gasteiger partial charge in [-0.1, -0.05) is 41.9 Å². The van der Waals surface area contributed by atoms with E-state index in [-0.39, 0.29) is 18.5 Å². The minimum atomic E-state index is -0.704. The maximum absolute atomic E-state index is 13.1. The van der Waals surface area contributed by atoms with Crippen LogP contribution in [0.3, 0.4) is 0 Å². The van der Waals surface area contributed by atoms with Gasteiger partial charge in [0, 0.05) is 31.5 Å². The summed E-state index contributed by atoms with van der Waals surface area (Å²) in [6.07, 6.45) is 1.73. The van der Waals surface area contributed by atoms with E-state index in [1.165, 1.54) is 0 Å². The maximum Gasteiger partial charge on any atom is 0.316 e. The summed E-state index contributed by atoms with van der Waals surface area (Å²) >= 11 is 5.86. The highest BCUT2D eigenvalue weighted by Crippen LogP contribution is 2.37. The molecule has 1 fully saturated rings. The van der Waals surface area contributed by atoms with E-state index in [1.54, 1.807) is 24.0 Å². The van der Waals surface area contributed by atoms with E-state index < -0.39 is 5.41 Å². The molecule has 0 radical (unpaired) electrons. The summed E-state index contributed by atoms with van der Waals surface area (Å²) in [6, 6.07) is 16.9. The van der Waals surface area contributed by atoms with E-state index in [2.05, 4.69) is 0 Å². The number of likely N-dealkylation sites (tertiary alicyclic amines) is 1. The van der Waals surface area contributed by atoms with Gasteiger partial charge in [-0.05, 0) is 42.7 Å². The van der Waals surface area contributed by atoms with Gasteiger partial charge in [0.15, 0.2) is 0 Å². The third-order valence-corrected chi connectivity index (χ3v) is 5.64. The number of halogens is 1. The van der Waals surface area contributed by atoms with E-state index >= 15 is 0 Å².